The van der Waals surface area contributed by atoms with Gasteiger partial charge in [-0.1, -0.05) is 49.6 Å². The number of hydrogen-bond donors (Lipinski definition) is 1. The fraction of sp³-hybridized carbons (Fsp3) is 0.556. The lowest BCUT2D eigenvalue weighted by atomic mass is 9.89. The van der Waals surface area contributed by atoms with Gasteiger partial charge in [-0.2, -0.15) is 0 Å². The summed E-state index contributed by atoms with van der Waals surface area (Å²) in [6, 6.07) is 9.62. The zero-order valence-corrected chi connectivity index (χ0v) is 13.4. The van der Waals surface area contributed by atoms with Gasteiger partial charge in [-0.05, 0) is 32.3 Å². The minimum atomic E-state index is -0.749. The third kappa shape index (κ3) is 4.58. The number of carbonyl (C=O) groups is 2. The molecule has 1 aromatic rings. The minimum Gasteiger partial charge on any atom is -0.452 e. The van der Waals surface area contributed by atoms with Gasteiger partial charge in [0.25, 0.3) is 5.91 Å². The van der Waals surface area contributed by atoms with Crippen LogP contribution < -0.4 is 5.32 Å². The first kappa shape index (κ1) is 16.5. The van der Waals surface area contributed by atoms with Gasteiger partial charge in [0.2, 0.25) is 0 Å². The molecule has 2 atom stereocenters. The van der Waals surface area contributed by atoms with E-state index in [1.807, 2.05) is 37.3 Å². The Morgan fingerprint density at radius 3 is 2.36 bits per heavy atom. The fourth-order valence-corrected chi connectivity index (χ4v) is 2.82. The lowest BCUT2D eigenvalue weighted by Gasteiger charge is -2.23. The first-order valence-electron chi connectivity index (χ1n) is 8.13. The highest BCUT2D eigenvalue weighted by Crippen LogP contribution is 2.25. The molecular weight excluding hydrogens is 278 g/mol. The zero-order chi connectivity index (χ0) is 15.9. The predicted molar refractivity (Wildman–Crippen MR) is 85.1 cm³/mol. The number of esters is 1. The van der Waals surface area contributed by atoms with Crippen LogP contribution in [0.4, 0.5) is 0 Å². The van der Waals surface area contributed by atoms with Gasteiger partial charge in [-0.25, -0.2) is 0 Å². The maximum Gasteiger partial charge on any atom is 0.309 e. The van der Waals surface area contributed by atoms with Gasteiger partial charge >= 0.3 is 5.97 Å². The van der Waals surface area contributed by atoms with E-state index in [1.54, 1.807) is 6.92 Å². The minimum absolute atomic E-state index is 0.0319. The monoisotopic (exact) mass is 303 g/mol. The summed E-state index contributed by atoms with van der Waals surface area (Å²) < 4.78 is 5.34. The molecule has 0 radical (unpaired) electrons. The van der Waals surface area contributed by atoms with Crippen LogP contribution in [-0.4, -0.2) is 18.0 Å². The largest absolute Gasteiger partial charge is 0.452 e. The molecule has 4 heteroatoms. The van der Waals surface area contributed by atoms with Crippen molar-refractivity contribution in [2.75, 3.05) is 0 Å². The molecule has 1 fully saturated rings. The fourth-order valence-electron chi connectivity index (χ4n) is 2.82. The summed E-state index contributed by atoms with van der Waals surface area (Å²) in [5.41, 5.74) is 1.03. The quantitative estimate of drug-likeness (QED) is 0.848. The molecule has 1 N–H and O–H groups in total. The number of nitrogens with one attached hydrogen (secondary N) is 1. The van der Waals surface area contributed by atoms with E-state index in [0.717, 1.165) is 31.2 Å². The zero-order valence-electron chi connectivity index (χ0n) is 13.4. The first-order valence-corrected chi connectivity index (χ1v) is 8.13. The molecule has 0 heterocycles. The molecule has 22 heavy (non-hydrogen) atoms. The molecule has 0 aromatic heterocycles. The van der Waals surface area contributed by atoms with E-state index in [-0.39, 0.29) is 23.8 Å². The van der Waals surface area contributed by atoms with Crippen molar-refractivity contribution >= 4 is 11.9 Å². The van der Waals surface area contributed by atoms with Crippen LogP contribution in [0.1, 0.15) is 57.6 Å². The molecule has 2 unspecified atom stereocenters. The predicted octanol–water partition coefficient (Wildman–Crippen LogP) is 3.38. The number of benzene rings is 1. The molecule has 120 valence electrons. The van der Waals surface area contributed by atoms with E-state index in [1.165, 1.54) is 6.42 Å². The van der Waals surface area contributed by atoms with Gasteiger partial charge in [-0.3, -0.25) is 9.59 Å². The van der Waals surface area contributed by atoms with Crippen molar-refractivity contribution in [3.05, 3.63) is 35.9 Å². The van der Waals surface area contributed by atoms with Crippen LogP contribution in [0, 0.1) is 5.92 Å². The SMILES string of the molecule is CC(OC(=O)C1CCCCC1)C(=O)NC(C)c1ccccc1. The number of amides is 1. The summed E-state index contributed by atoms with van der Waals surface area (Å²) in [7, 11) is 0. The third-order valence-corrected chi connectivity index (χ3v) is 4.26. The second kappa shape index (κ2) is 7.97. The molecule has 1 saturated carbocycles. The van der Waals surface area contributed by atoms with E-state index in [9.17, 15) is 9.59 Å². The van der Waals surface area contributed by atoms with Gasteiger partial charge in [0.1, 0.15) is 0 Å². The highest BCUT2D eigenvalue weighted by atomic mass is 16.5. The summed E-state index contributed by atoms with van der Waals surface area (Å²) in [4.78, 5) is 24.2. The van der Waals surface area contributed by atoms with Crippen molar-refractivity contribution in [2.24, 2.45) is 5.92 Å². The maximum absolute atomic E-state index is 12.2. The highest BCUT2D eigenvalue weighted by molar-refractivity contribution is 5.84. The number of rotatable bonds is 5. The van der Waals surface area contributed by atoms with Crippen LogP contribution in [0.2, 0.25) is 0 Å². The van der Waals surface area contributed by atoms with E-state index in [0.29, 0.717) is 0 Å². The summed E-state index contributed by atoms with van der Waals surface area (Å²) in [6.45, 7) is 3.55. The molecule has 2 rings (SSSR count). The van der Waals surface area contributed by atoms with Crippen molar-refractivity contribution in [1.82, 2.24) is 5.32 Å². The van der Waals surface area contributed by atoms with Crippen LogP contribution in [0.15, 0.2) is 30.3 Å². The Hall–Kier alpha value is -1.84. The lowest BCUT2D eigenvalue weighted by Crippen LogP contribution is -2.38. The van der Waals surface area contributed by atoms with Crippen LogP contribution in [0.25, 0.3) is 0 Å². The van der Waals surface area contributed by atoms with E-state index in [4.69, 9.17) is 4.74 Å². The Balaban J connectivity index is 1.82. The molecular formula is C18H25NO3. The molecule has 4 nitrogen and oxygen atoms in total. The average molecular weight is 303 g/mol. The maximum atomic E-state index is 12.2. The second-order valence-electron chi connectivity index (χ2n) is 6.06. The Morgan fingerprint density at radius 2 is 1.73 bits per heavy atom. The molecule has 0 saturated heterocycles. The second-order valence-corrected chi connectivity index (χ2v) is 6.06. The summed E-state index contributed by atoms with van der Waals surface area (Å²) in [5.74, 6) is -0.509. The molecule has 0 aliphatic heterocycles. The number of hydrogen-bond acceptors (Lipinski definition) is 3. The Morgan fingerprint density at radius 1 is 1.09 bits per heavy atom. The molecule has 0 bridgehead atoms. The Kier molecular flexibility index (Phi) is 5.99. The third-order valence-electron chi connectivity index (χ3n) is 4.26. The standard InChI is InChI=1S/C18H25NO3/c1-13(15-9-5-3-6-10-15)19-17(20)14(2)22-18(21)16-11-7-4-8-12-16/h3,5-6,9-10,13-14,16H,4,7-8,11-12H2,1-2H3,(H,19,20). The smallest absolute Gasteiger partial charge is 0.309 e. The summed E-state index contributed by atoms with van der Waals surface area (Å²) in [5, 5.41) is 2.89. The van der Waals surface area contributed by atoms with Crippen LogP contribution in [0.3, 0.4) is 0 Å². The summed E-state index contributed by atoms with van der Waals surface area (Å²) in [6.07, 6.45) is 4.35. The molecule has 1 aliphatic carbocycles. The van der Waals surface area contributed by atoms with Gasteiger partial charge in [0.05, 0.1) is 12.0 Å². The number of ether oxygens (including phenoxy) is 1. The molecule has 1 amide bonds. The normalized spacial score (nSPS) is 18.3. The highest BCUT2D eigenvalue weighted by Gasteiger charge is 2.26. The first-order chi connectivity index (χ1) is 10.6. The Bertz CT molecular complexity index is 494. The average Bonchev–Trinajstić information content (AvgIpc) is 2.56. The molecule has 1 aromatic carbocycles. The Labute approximate surface area is 132 Å². The van der Waals surface area contributed by atoms with Crippen LogP contribution in [0.5, 0.6) is 0 Å². The van der Waals surface area contributed by atoms with E-state index in [2.05, 4.69) is 5.32 Å². The molecule has 1 aliphatic rings. The van der Waals surface area contributed by atoms with E-state index >= 15 is 0 Å². The molecule has 0 spiro atoms. The number of carbonyl (C=O) groups excluding carboxylic acids is 2. The van der Waals surface area contributed by atoms with Crippen LogP contribution in [-0.2, 0) is 14.3 Å². The van der Waals surface area contributed by atoms with E-state index < -0.39 is 6.10 Å². The van der Waals surface area contributed by atoms with Crippen molar-refractivity contribution in [3.63, 3.8) is 0 Å². The van der Waals surface area contributed by atoms with Crippen molar-refractivity contribution in [3.8, 4) is 0 Å². The van der Waals surface area contributed by atoms with Crippen molar-refractivity contribution < 1.29 is 14.3 Å². The van der Waals surface area contributed by atoms with Gasteiger partial charge in [0, 0.05) is 0 Å². The topological polar surface area (TPSA) is 55.4 Å². The van der Waals surface area contributed by atoms with Gasteiger partial charge in [-0.15, -0.1) is 0 Å². The van der Waals surface area contributed by atoms with Gasteiger partial charge in [0.15, 0.2) is 6.10 Å². The lowest BCUT2D eigenvalue weighted by molar-refractivity contribution is -0.159. The van der Waals surface area contributed by atoms with Crippen molar-refractivity contribution in [2.45, 2.75) is 58.1 Å². The van der Waals surface area contributed by atoms with Crippen LogP contribution >= 0.6 is 0 Å². The summed E-state index contributed by atoms with van der Waals surface area (Å²) >= 11 is 0. The van der Waals surface area contributed by atoms with Gasteiger partial charge < -0.3 is 10.1 Å². The van der Waals surface area contributed by atoms with Crippen molar-refractivity contribution in [1.29, 1.82) is 0 Å².